The van der Waals surface area contributed by atoms with Crippen LogP contribution in [0.5, 0.6) is 11.5 Å². The lowest BCUT2D eigenvalue weighted by Gasteiger charge is -2.33. The third kappa shape index (κ3) is 6.46. The molecule has 0 saturated carbocycles. The first-order valence-electron chi connectivity index (χ1n) is 11.4. The van der Waals surface area contributed by atoms with Gasteiger partial charge in [-0.15, -0.1) is 0 Å². The maximum Gasteiger partial charge on any atom is 0.303 e. The fourth-order valence-corrected chi connectivity index (χ4v) is 4.10. The molecular formula is C25H31N3O5. The van der Waals surface area contributed by atoms with E-state index in [0.717, 1.165) is 49.2 Å². The Balaban J connectivity index is 1.23. The Morgan fingerprint density at radius 1 is 1.15 bits per heavy atom. The Morgan fingerprint density at radius 3 is 2.70 bits per heavy atom. The number of carbonyl (C=O) groups is 1. The number of likely N-dealkylation sites (tertiary alicyclic amines) is 1. The summed E-state index contributed by atoms with van der Waals surface area (Å²) in [5, 5.41) is 18.5. The summed E-state index contributed by atoms with van der Waals surface area (Å²) in [7, 11) is 0. The molecular weight excluding hydrogens is 422 g/mol. The number of piperidine rings is 1. The highest BCUT2D eigenvalue weighted by atomic mass is 16.5. The SMILES string of the molecule is CC(=O)OCc1n[nH]c2cccc(OCC(O)CN3CCC(COc4ccccc4)CC3)c12. The molecule has 2 aromatic carbocycles. The van der Waals surface area contributed by atoms with Crippen molar-refractivity contribution in [1.82, 2.24) is 15.1 Å². The van der Waals surface area contributed by atoms with Crippen LogP contribution in [0, 0.1) is 5.92 Å². The molecule has 8 nitrogen and oxygen atoms in total. The number of esters is 1. The Hall–Kier alpha value is -3.10. The molecule has 0 spiro atoms. The van der Waals surface area contributed by atoms with Crippen molar-refractivity contribution in [2.24, 2.45) is 5.92 Å². The van der Waals surface area contributed by atoms with Crippen molar-refractivity contribution in [2.75, 3.05) is 32.8 Å². The highest BCUT2D eigenvalue weighted by molar-refractivity contribution is 5.87. The molecule has 1 saturated heterocycles. The highest BCUT2D eigenvalue weighted by Crippen LogP contribution is 2.28. The van der Waals surface area contributed by atoms with Crippen LogP contribution in [0.25, 0.3) is 10.9 Å². The molecule has 1 aliphatic rings. The molecule has 1 atom stereocenters. The van der Waals surface area contributed by atoms with Crippen LogP contribution >= 0.6 is 0 Å². The number of hydrogen-bond donors (Lipinski definition) is 2. The fourth-order valence-electron chi connectivity index (χ4n) is 4.10. The van der Waals surface area contributed by atoms with Gasteiger partial charge in [0, 0.05) is 13.5 Å². The number of aromatic amines is 1. The van der Waals surface area contributed by atoms with Crippen molar-refractivity contribution in [1.29, 1.82) is 0 Å². The summed E-state index contributed by atoms with van der Waals surface area (Å²) in [6, 6.07) is 15.5. The summed E-state index contributed by atoms with van der Waals surface area (Å²) in [5.74, 6) is 1.69. The van der Waals surface area contributed by atoms with E-state index < -0.39 is 6.10 Å². The van der Waals surface area contributed by atoms with Gasteiger partial charge in [-0.05, 0) is 56.1 Å². The molecule has 0 radical (unpaired) electrons. The zero-order valence-corrected chi connectivity index (χ0v) is 18.9. The summed E-state index contributed by atoms with van der Waals surface area (Å²) in [4.78, 5) is 13.4. The van der Waals surface area contributed by atoms with Gasteiger partial charge in [0.15, 0.2) is 0 Å². The molecule has 3 aromatic rings. The smallest absolute Gasteiger partial charge is 0.303 e. The number of nitrogens with one attached hydrogen (secondary N) is 1. The number of aliphatic hydroxyl groups is 1. The molecule has 8 heteroatoms. The van der Waals surface area contributed by atoms with Gasteiger partial charge in [0.25, 0.3) is 0 Å². The van der Waals surface area contributed by atoms with Crippen LogP contribution in [0.4, 0.5) is 0 Å². The van der Waals surface area contributed by atoms with Crippen LogP contribution in [0.15, 0.2) is 48.5 Å². The van der Waals surface area contributed by atoms with Gasteiger partial charge in [-0.1, -0.05) is 24.3 Å². The molecule has 33 heavy (non-hydrogen) atoms. The van der Waals surface area contributed by atoms with Crippen molar-refractivity contribution < 1.29 is 24.1 Å². The van der Waals surface area contributed by atoms with E-state index in [2.05, 4.69) is 15.1 Å². The molecule has 0 aliphatic carbocycles. The summed E-state index contributed by atoms with van der Waals surface area (Å²) in [5.41, 5.74) is 1.40. The monoisotopic (exact) mass is 453 g/mol. The molecule has 2 N–H and O–H groups in total. The number of carbonyl (C=O) groups excluding carboxylic acids is 1. The molecule has 1 aromatic heterocycles. The van der Waals surface area contributed by atoms with Crippen molar-refractivity contribution in [3.8, 4) is 11.5 Å². The number of rotatable bonds is 10. The number of hydrogen-bond acceptors (Lipinski definition) is 7. The molecule has 2 heterocycles. The Bertz CT molecular complexity index is 1030. The second kappa shape index (κ2) is 11.2. The lowest BCUT2D eigenvalue weighted by molar-refractivity contribution is -0.142. The predicted molar refractivity (Wildman–Crippen MR) is 124 cm³/mol. The molecule has 0 amide bonds. The van der Waals surface area contributed by atoms with Gasteiger partial charge in [0.05, 0.1) is 17.5 Å². The minimum Gasteiger partial charge on any atom is -0.493 e. The number of aromatic nitrogens is 2. The van der Waals surface area contributed by atoms with Gasteiger partial charge in [-0.3, -0.25) is 9.89 Å². The number of fused-ring (bicyclic) bond motifs is 1. The zero-order valence-electron chi connectivity index (χ0n) is 18.9. The molecule has 1 unspecified atom stereocenters. The quantitative estimate of drug-likeness (QED) is 0.455. The maximum absolute atomic E-state index is 11.1. The van der Waals surface area contributed by atoms with Gasteiger partial charge in [0.1, 0.15) is 36.5 Å². The van der Waals surface area contributed by atoms with Crippen molar-refractivity contribution in [2.45, 2.75) is 32.5 Å². The summed E-state index contributed by atoms with van der Waals surface area (Å²) >= 11 is 0. The van der Waals surface area contributed by atoms with Crippen LogP contribution in [0.1, 0.15) is 25.5 Å². The third-order valence-electron chi connectivity index (χ3n) is 5.87. The summed E-state index contributed by atoms with van der Waals surface area (Å²) < 4.78 is 16.9. The zero-order chi connectivity index (χ0) is 23.0. The lowest BCUT2D eigenvalue weighted by atomic mass is 9.97. The first-order valence-corrected chi connectivity index (χ1v) is 11.4. The van der Waals surface area contributed by atoms with Gasteiger partial charge in [-0.2, -0.15) is 5.10 Å². The van der Waals surface area contributed by atoms with Gasteiger partial charge in [-0.25, -0.2) is 0 Å². The van der Waals surface area contributed by atoms with E-state index in [1.54, 1.807) is 0 Å². The van der Waals surface area contributed by atoms with Crippen molar-refractivity contribution >= 4 is 16.9 Å². The van der Waals surface area contributed by atoms with Gasteiger partial charge >= 0.3 is 5.97 Å². The van der Waals surface area contributed by atoms with E-state index in [4.69, 9.17) is 14.2 Å². The number of para-hydroxylation sites is 1. The van der Waals surface area contributed by atoms with Crippen molar-refractivity contribution in [3.05, 3.63) is 54.2 Å². The van der Waals surface area contributed by atoms with Gasteiger partial charge in [0.2, 0.25) is 0 Å². The Morgan fingerprint density at radius 2 is 1.94 bits per heavy atom. The van der Waals surface area contributed by atoms with Crippen molar-refractivity contribution in [3.63, 3.8) is 0 Å². The number of β-amino-alcohol motifs (C(OH)–C–C–N with tert-alkyl or cyclic N) is 1. The number of nitrogens with zero attached hydrogens (tertiary/aromatic N) is 2. The molecule has 176 valence electrons. The average Bonchev–Trinajstić information content (AvgIpc) is 3.25. The number of ether oxygens (including phenoxy) is 3. The standard InChI is InChI=1S/C25H31N3O5/c1-18(29)31-17-23-25-22(26-27-23)8-5-9-24(25)33-16-20(30)14-28-12-10-19(11-13-28)15-32-21-6-3-2-4-7-21/h2-9,19-20,30H,10-17H2,1H3,(H,26,27). The van der Waals surface area contributed by atoms with E-state index in [1.807, 2.05) is 48.5 Å². The van der Waals surface area contributed by atoms with Crippen LogP contribution in [0.2, 0.25) is 0 Å². The van der Waals surface area contributed by atoms with E-state index in [0.29, 0.717) is 23.9 Å². The normalized spacial score (nSPS) is 15.9. The highest BCUT2D eigenvalue weighted by Gasteiger charge is 2.22. The van der Waals surface area contributed by atoms with Crippen LogP contribution < -0.4 is 9.47 Å². The second-order valence-corrected chi connectivity index (χ2v) is 8.46. The molecule has 1 aliphatic heterocycles. The molecule has 1 fully saturated rings. The third-order valence-corrected chi connectivity index (χ3v) is 5.87. The van der Waals surface area contributed by atoms with E-state index >= 15 is 0 Å². The van der Waals surface area contributed by atoms with Crippen LogP contribution in [-0.4, -0.2) is 65.1 Å². The number of benzene rings is 2. The fraction of sp³-hybridized carbons (Fsp3) is 0.440. The summed E-state index contributed by atoms with van der Waals surface area (Å²) in [6.45, 7) is 4.77. The van der Waals surface area contributed by atoms with E-state index in [-0.39, 0.29) is 19.2 Å². The minimum absolute atomic E-state index is 0.0706. The molecule has 4 rings (SSSR count). The van der Waals surface area contributed by atoms with E-state index in [1.165, 1.54) is 6.92 Å². The number of H-pyrrole nitrogens is 1. The first kappa shape index (κ1) is 23.1. The van der Waals surface area contributed by atoms with Gasteiger partial charge < -0.3 is 24.2 Å². The first-order chi connectivity index (χ1) is 16.1. The largest absolute Gasteiger partial charge is 0.493 e. The van der Waals surface area contributed by atoms with Crippen LogP contribution in [-0.2, 0) is 16.1 Å². The minimum atomic E-state index is -0.610. The van der Waals surface area contributed by atoms with Crippen LogP contribution in [0.3, 0.4) is 0 Å². The predicted octanol–water partition coefficient (Wildman–Crippen LogP) is 3.16. The maximum atomic E-state index is 11.1. The van der Waals surface area contributed by atoms with E-state index in [9.17, 15) is 9.90 Å². The lowest BCUT2D eigenvalue weighted by Crippen LogP contribution is -2.41. The Kier molecular flexibility index (Phi) is 7.80. The Labute approximate surface area is 193 Å². The topological polar surface area (TPSA) is 96.9 Å². The second-order valence-electron chi connectivity index (χ2n) is 8.46. The summed E-state index contributed by atoms with van der Waals surface area (Å²) in [6.07, 6.45) is 1.49. The average molecular weight is 454 g/mol. The number of aliphatic hydroxyl groups excluding tert-OH is 1. The molecule has 0 bridgehead atoms.